The van der Waals surface area contributed by atoms with Crippen LogP contribution < -0.4 is 4.74 Å². The van der Waals surface area contributed by atoms with Crippen molar-refractivity contribution in [3.63, 3.8) is 0 Å². The maximum absolute atomic E-state index is 14.0. The van der Waals surface area contributed by atoms with Crippen LogP contribution in [0.5, 0.6) is 17.4 Å². The largest absolute Gasteiger partial charge is 0.494 e. The van der Waals surface area contributed by atoms with Crippen LogP contribution in [0.25, 0.3) is 10.9 Å². The van der Waals surface area contributed by atoms with Crippen molar-refractivity contribution in [2.45, 2.75) is 13.1 Å². The minimum atomic E-state index is -4.74. The van der Waals surface area contributed by atoms with Gasteiger partial charge in [0.1, 0.15) is 5.75 Å². The third kappa shape index (κ3) is 3.20. The van der Waals surface area contributed by atoms with E-state index in [4.69, 9.17) is 16.3 Å². The van der Waals surface area contributed by atoms with Crippen molar-refractivity contribution >= 4 is 28.4 Å². The summed E-state index contributed by atoms with van der Waals surface area (Å²) < 4.78 is 58.4. The Morgan fingerprint density at radius 3 is 2.46 bits per heavy atom. The average molecular weight is 388 g/mol. The van der Waals surface area contributed by atoms with E-state index < -0.39 is 34.2 Å². The van der Waals surface area contributed by atoms with Crippen LogP contribution >= 0.6 is 11.6 Å². The summed E-state index contributed by atoms with van der Waals surface area (Å²) in [7, 11) is 0. The number of benzene rings is 2. The van der Waals surface area contributed by atoms with E-state index in [1.807, 2.05) is 0 Å². The van der Waals surface area contributed by atoms with Gasteiger partial charge < -0.3 is 9.84 Å². The Kier molecular flexibility index (Phi) is 4.31. The highest BCUT2D eigenvalue weighted by Gasteiger charge is 2.32. The molecule has 26 heavy (non-hydrogen) atoms. The Bertz CT molecular complexity index is 1000. The molecule has 0 aliphatic heterocycles. The molecule has 0 spiro atoms. The van der Waals surface area contributed by atoms with E-state index in [0.29, 0.717) is 17.0 Å². The van der Waals surface area contributed by atoms with Gasteiger partial charge in [0.2, 0.25) is 5.91 Å². The summed E-state index contributed by atoms with van der Waals surface area (Å²) in [5.41, 5.74) is -0.840. The molecular formula is C17H10ClF4NO3. The normalized spacial score (nSPS) is 11.8. The second kappa shape index (κ2) is 6.21. The van der Waals surface area contributed by atoms with Gasteiger partial charge in [0.15, 0.2) is 17.4 Å². The Morgan fingerprint density at radius 2 is 1.88 bits per heavy atom. The Hall–Kier alpha value is -2.74. The lowest BCUT2D eigenvalue weighted by Crippen LogP contribution is -2.06. The van der Waals surface area contributed by atoms with Crippen molar-refractivity contribution in [2.75, 3.05) is 0 Å². The zero-order valence-electron chi connectivity index (χ0n) is 13.1. The van der Waals surface area contributed by atoms with Gasteiger partial charge in [-0.25, -0.2) is 4.39 Å². The Balaban J connectivity index is 2.01. The molecule has 0 bridgehead atoms. The summed E-state index contributed by atoms with van der Waals surface area (Å²) in [6.07, 6.45) is -4.74. The molecule has 3 rings (SSSR count). The molecule has 0 radical (unpaired) electrons. The molecule has 1 aromatic heterocycles. The first-order valence-corrected chi connectivity index (χ1v) is 7.55. The standard InChI is InChI=1S/C17H10ClF4NO3/c1-8(24)23-14-3-2-11(4-9(14)5-15(23)25)26-16-12(18)6-10(7-13(16)19)17(20,21)22/h2-7,25H,1H3. The summed E-state index contributed by atoms with van der Waals surface area (Å²) in [5, 5.41) is 9.67. The number of nitrogens with zero attached hydrogens (tertiary/aromatic N) is 1. The molecule has 1 N–H and O–H groups in total. The van der Waals surface area contributed by atoms with Crippen LogP contribution in [0.15, 0.2) is 36.4 Å². The van der Waals surface area contributed by atoms with Crippen LogP contribution in [0.3, 0.4) is 0 Å². The highest BCUT2D eigenvalue weighted by atomic mass is 35.5. The zero-order chi connectivity index (χ0) is 19.2. The van der Waals surface area contributed by atoms with Crippen LogP contribution in [0.2, 0.25) is 5.02 Å². The van der Waals surface area contributed by atoms with Crippen LogP contribution in [0.1, 0.15) is 17.3 Å². The number of halogens is 5. The first-order chi connectivity index (χ1) is 12.1. The van der Waals surface area contributed by atoms with Crippen LogP contribution in [-0.4, -0.2) is 15.6 Å². The number of rotatable bonds is 2. The predicted octanol–water partition coefficient (Wildman–Crippen LogP) is 5.61. The minimum Gasteiger partial charge on any atom is -0.494 e. The quantitative estimate of drug-likeness (QED) is 0.581. The van der Waals surface area contributed by atoms with E-state index in [-0.39, 0.29) is 17.7 Å². The lowest BCUT2D eigenvalue weighted by Gasteiger charge is -2.12. The molecule has 0 amide bonds. The van der Waals surface area contributed by atoms with E-state index in [2.05, 4.69) is 0 Å². The van der Waals surface area contributed by atoms with Crippen molar-refractivity contribution < 1.29 is 32.2 Å². The molecule has 0 saturated heterocycles. The van der Waals surface area contributed by atoms with Gasteiger partial charge in [-0.05, 0) is 30.3 Å². The summed E-state index contributed by atoms with van der Waals surface area (Å²) in [6, 6.07) is 6.36. The van der Waals surface area contributed by atoms with Crippen molar-refractivity contribution in [1.82, 2.24) is 4.57 Å². The number of aromatic hydroxyl groups is 1. The fourth-order valence-electron chi connectivity index (χ4n) is 2.51. The average Bonchev–Trinajstić information content (AvgIpc) is 2.84. The lowest BCUT2D eigenvalue weighted by molar-refractivity contribution is -0.137. The topological polar surface area (TPSA) is 51.5 Å². The molecule has 136 valence electrons. The van der Waals surface area contributed by atoms with Crippen LogP contribution in [0.4, 0.5) is 17.6 Å². The highest BCUT2D eigenvalue weighted by molar-refractivity contribution is 6.32. The number of hydrogen-bond donors (Lipinski definition) is 1. The molecule has 0 unspecified atom stereocenters. The van der Waals surface area contributed by atoms with Crippen LogP contribution in [-0.2, 0) is 6.18 Å². The fourth-order valence-corrected chi connectivity index (χ4v) is 2.76. The summed E-state index contributed by atoms with van der Waals surface area (Å²) >= 11 is 5.73. The number of hydrogen-bond acceptors (Lipinski definition) is 3. The van der Waals surface area contributed by atoms with Gasteiger partial charge in [-0.15, -0.1) is 0 Å². The molecule has 9 heteroatoms. The van der Waals surface area contributed by atoms with Crippen molar-refractivity contribution in [1.29, 1.82) is 0 Å². The molecule has 2 aromatic carbocycles. The molecule has 0 aliphatic rings. The molecular weight excluding hydrogens is 378 g/mol. The molecule has 4 nitrogen and oxygen atoms in total. The molecule has 0 aliphatic carbocycles. The number of ether oxygens (including phenoxy) is 1. The molecule has 0 fully saturated rings. The predicted molar refractivity (Wildman–Crippen MR) is 86.4 cm³/mol. The fraction of sp³-hybridized carbons (Fsp3) is 0.118. The van der Waals surface area contributed by atoms with E-state index in [9.17, 15) is 27.5 Å². The van der Waals surface area contributed by atoms with Crippen molar-refractivity contribution in [3.8, 4) is 17.4 Å². The number of carbonyl (C=O) groups excluding carboxylic acids is 1. The first-order valence-electron chi connectivity index (χ1n) is 7.17. The van der Waals surface area contributed by atoms with Crippen LogP contribution in [0, 0.1) is 5.82 Å². The van der Waals surface area contributed by atoms with Gasteiger partial charge in [0.25, 0.3) is 0 Å². The van der Waals surface area contributed by atoms with Gasteiger partial charge in [0, 0.05) is 18.4 Å². The number of fused-ring (bicyclic) bond motifs is 1. The Labute approximate surface area is 149 Å². The van der Waals surface area contributed by atoms with Crippen molar-refractivity contribution in [3.05, 3.63) is 52.8 Å². The second-order valence-electron chi connectivity index (χ2n) is 5.45. The van der Waals surface area contributed by atoms with E-state index in [1.165, 1.54) is 31.2 Å². The van der Waals surface area contributed by atoms with E-state index >= 15 is 0 Å². The second-order valence-corrected chi connectivity index (χ2v) is 5.85. The lowest BCUT2D eigenvalue weighted by atomic mass is 10.2. The molecule has 0 atom stereocenters. The van der Waals surface area contributed by atoms with E-state index in [1.54, 1.807) is 0 Å². The maximum atomic E-state index is 14.0. The van der Waals surface area contributed by atoms with Gasteiger partial charge >= 0.3 is 6.18 Å². The van der Waals surface area contributed by atoms with Gasteiger partial charge in [-0.1, -0.05) is 11.6 Å². The number of alkyl halides is 3. The summed E-state index contributed by atoms with van der Waals surface area (Å²) in [6.45, 7) is 1.26. The van der Waals surface area contributed by atoms with Gasteiger partial charge in [-0.2, -0.15) is 13.2 Å². The summed E-state index contributed by atoms with van der Waals surface area (Å²) in [5.74, 6) is -2.46. The molecule has 3 aromatic rings. The maximum Gasteiger partial charge on any atom is 0.416 e. The first kappa shape index (κ1) is 18.1. The van der Waals surface area contributed by atoms with Gasteiger partial charge in [-0.3, -0.25) is 9.36 Å². The third-order valence-electron chi connectivity index (χ3n) is 3.61. The van der Waals surface area contributed by atoms with Gasteiger partial charge in [0.05, 0.1) is 16.1 Å². The zero-order valence-corrected chi connectivity index (χ0v) is 13.8. The smallest absolute Gasteiger partial charge is 0.416 e. The van der Waals surface area contributed by atoms with E-state index in [0.717, 1.165) is 4.57 Å². The third-order valence-corrected chi connectivity index (χ3v) is 3.89. The Morgan fingerprint density at radius 1 is 1.19 bits per heavy atom. The molecule has 0 saturated carbocycles. The number of aromatic nitrogens is 1. The monoisotopic (exact) mass is 387 g/mol. The SMILES string of the molecule is CC(=O)n1c(O)cc2cc(Oc3c(F)cc(C(F)(F)F)cc3Cl)ccc21. The molecule has 1 heterocycles. The minimum absolute atomic E-state index is 0.0683. The summed E-state index contributed by atoms with van der Waals surface area (Å²) in [4.78, 5) is 11.5. The highest BCUT2D eigenvalue weighted by Crippen LogP contribution is 2.39. The van der Waals surface area contributed by atoms with Crippen molar-refractivity contribution in [2.24, 2.45) is 0 Å². The number of carbonyl (C=O) groups is 1.